The molecule has 0 radical (unpaired) electrons. The molecule has 44 valence electrons. The van der Waals surface area contributed by atoms with E-state index in [0.29, 0.717) is 0 Å². The molecule has 0 saturated heterocycles. The Bertz CT molecular complexity index is 87.4. The minimum Gasteiger partial charge on any atom is -1.00 e. The standard InChI is InChI=1S/C5H10O2.Li.H/c1-5(2,3)4(6)7;;/h1-3H3,(H,6,7);;/q;+1;-1. The first-order chi connectivity index (χ1) is 2.94. The summed E-state index contributed by atoms with van der Waals surface area (Å²) >= 11 is 0. The predicted octanol–water partition coefficient (Wildman–Crippen LogP) is -1.77. The van der Waals surface area contributed by atoms with Gasteiger partial charge >= 0.3 is 24.8 Å². The van der Waals surface area contributed by atoms with Crippen molar-refractivity contribution in [3.63, 3.8) is 0 Å². The van der Waals surface area contributed by atoms with Gasteiger partial charge in [0.2, 0.25) is 0 Å². The van der Waals surface area contributed by atoms with Crippen LogP contribution >= 0.6 is 0 Å². The fourth-order valence-electron chi connectivity index (χ4n) is 0. The molecule has 8 heavy (non-hydrogen) atoms. The van der Waals surface area contributed by atoms with Crippen molar-refractivity contribution in [3.8, 4) is 0 Å². The maximum absolute atomic E-state index is 10.0. The molecule has 0 aromatic carbocycles. The zero-order chi connectivity index (χ0) is 6.08. The van der Waals surface area contributed by atoms with Gasteiger partial charge in [-0.2, -0.15) is 0 Å². The van der Waals surface area contributed by atoms with E-state index in [4.69, 9.17) is 5.11 Å². The molecule has 0 aliphatic heterocycles. The van der Waals surface area contributed by atoms with Crippen LogP contribution < -0.4 is 18.9 Å². The van der Waals surface area contributed by atoms with Crippen LogP contribution in [0.2, 0.25) is 0 Å². The zero-order valence-electron chi connectivity index (χ0n) is 6.86. The van der Waals surface area contributed by atoms with Gasteiger partial charge in [-0.3, -0.25) is 4.79 Å². The van der Waals surface area contributed by atoms with Crippen LogP contribution in [0.3, 0.4) is 0 Å². The van der Waals surface area contributed by atoms with Gasteiger partial charge in [-0.15, -0.1) is 0 Å². The Labute approximate surface area is 62.9 Å². The molecule has 0 aliphatic rings. The normalized spacial score (nSPS) is 9.88. The van der Waals surface area contributed by atoms with Gasteiger partial charge in [0.05, 0.1) is 5.41 Å². The minimum absolute atomic E-state index is 0. The monoisotopic (exact) mass is 110 g/mol. The van der Waals surface area contributed by atoms with Crippen LogP contribution in [-0.4, -0.2) is 11.1 Å². The quantitative estimate of drug-likeness (QED) is 0.375. The molecule has 0 aliphatic carbocycles. The summed E-state index contributed by atoms with van der Waals surface area (Å²) in [6.07, 6.45) is 0. The maximum Gasteiger partial charge on any atom is 1.00 e. The Balaban J connectivity index is -0.000000180. The minimum atomic E-state index is -0.757. The number of carboxylic acid groups (broad SMARTS) is 1. The van der Waals surface area contributed by atoms with Gasteiger partial charge in [0.25, 0.3) is 0 Å². The summed E-state index contributed by atoms with van der Waals surface area (Å²) < 4.78 is 0. The van der Waals surface area contributed by atoms with Crippen LogP contribution in [0.15, 0.2) is 0 Å². The second-order valence-corrected chi connectivity index (χ2v) is 2.56. The van der Waals surface area contributed by atoms with Crippen molar-refractivity contribution < 1.29 is 30.2 Å². The molecule has 1 N–H and O–H groups in total. The Hall–Kier alpha value is 0.0674. The van der Waals surface area contributed by atoms with Crippen molar-refractivity contribution in [1.82, 2.24) is 0 Å². The summed E-state index contributed by atoms with van der Waals surface area (Å²) in [5.74, 6) is -0.757. The van der Waals surface area contributed by atoms with Gasteiger partial charge in [-0.05, 0) is 20.8 Å². The van der Waals surface area contributed by atoms with E-state index in [1.165, 1.54) is 0 Å². The average Bonchev–Trinajstić information content (AvgIpc) is 1.31. The molecule has 3 heteroatoms. The van der Waals surface area contributed by atoms with Crippen molar-refractivity contribution in [3.05, 3.63) is 0 Å². The summed E-state index contributed by atoms with van der Waals surface area (Å²) in [6.45, 7) is 4.99. The van der Waals surface area contributed by atoms with Crippen LogP contribution in [0, 0.1) is 5.41 Å². The molecular weight excluding hydrogens is 99.0 g/mol. The third-order valence-electron chi connectivity index (χ3n) is 0.642. The first-order valence-corrected chi connectivity index (χ1v) is 2.18. The Morgan fingerprint density at radius 1 is 1.50 bits per heavy atom. The Kier molecular flexibility index (Phi) is 4.33. The number of carboxylic acids is 1. The molecule has 0 saturated carbocycles. The van der Waals surface area contributed by atoms with Crippen molar-refractivity contribution in [1.29, 1.82) is 0 Å². The van der Waals surface area contributed by atoms with Gasteiger partial charge in [0.1, 0.15) is 0 Å². The molecule has 0 aromatic rings. The van der Waals surface area contributed by atoms with E-state index in [9.17, 15) is 4.79 Å². The summed E-state index contributed by atoms with van der Waals surface area (Å²) in [6, 6.07) is 0. The second kappa shape index (κ2) is 3.16. The second-order valence-electron chi connectivity index (χ2n) is 2.56. The number of hydrogen-bond acceptors (Lipinski definition) is 1. The summed E-state index contributed by atoms with van der Waals surface area (Å²) in [4.78, 5) is 10.0. The summed E-state index contributed by atoms with van der Waals surface area (Å²) in [7, 11) is 0. The number of carbonyl (C=O) groups is 1. The van der Waals surface area contributed by atoms with E-state index < -0.39 is 11.4 Å². The number of aliphatic carboxylic acids is 1. The molecule has 0 heterocycles. The molecule has 0 atom stereocenters. The fourth-order valence-corrected chi connectivity index (χ4v) is 0. The van der Waals surface area contributed by atoms with Crippen LogP contribution in [-0.2, 0) is 4.79 Å². The van der Waals surface area contributed by atoms with E-state index in [1.54, 1.807) is 20.8 Å². The van der Waals surface area contributed by atoms with Crippen molar-refractivity contribution in [2.45, 2.75) is 20.8 Å². The molecule has 0 aromatic heterocycles. The van der Waals surface area contributed by atoms with E-state index in [0.717, 1.165) is 0 Å². The van der Waals surface area contributed by atoms with Crippen LogP contribution in [0.25, 0.3) is 0 Å². The smallest absolute Gasteiger partial charge is 1.00 e. The molecule has 0 fully saturated rings. The van der Waals surface area contributed by atoms with Gasteiger partial charge in [0, 0.05) is 0 Å². The number of rotatable bonds is 0. The van der Waals surface area contributed by atoms with Crippen molar-refractivity contribution in [2.24, 2.45) is 5.41 Å². The van der Waals surface area contributed by atoms with Gasteiger partial charge in [-0.1, -0.05) is 0 Å². The SMILES string of the molecule is CC(C)(C)C(=O)O.[H-].[Li+]. The zero-order valence-corrected chi connectivity index (χ0v) is 5.86. The van der Waals surface area contributed by atoms with Gasteiger partial charge in [0.15, 0.2) is 0 Å². The van der Waals surface area contributed by atoms with E-state index in [2.05, 4.69) is 0 Å². The molecule has 0 unspecified atom stereocenters. The van der Waals surface area contributed by atoms with E-state index in [-0.39, 0.29) is 20.3 Å². The summed E-state index contributed by atoms with van der Waals surface area (Å²) in [5, 5.41) is 8.25. The first kappa shape index (κ1) is 10.9. The van der Waals surface area contributed by atoms with E-state index >= 15 is 0 Å². The number of hydrogen-bond donors (Lipinski definition) is 1. The maximum atomic E-state index is 10.0. The Morgan fingerprint density at radius 3 is 1.62 bits per heavy atom. The molecule has 0 rings (SSSR count). The third-order valence-corrected chi connectivity index (χ3v) is 0.642. The van der Waals surface area contributed by atoms with E-state index in [1.807, 2.05) is 0 Å². The van der Waals surface area contributed by atoms with Crippen LogP contribution in [0.1, 0.15) is 22.2 Å². The largest absolute Gasteiger partial charge is 1.00 e. The predicted molar refractivity (Wildman–Crippen MR) is 28.2 cm³/mol. The Morgan fingerprint density at radius 2 is 1.62 bits per heavy atom. The molecule has 0 amide bonds. The summed E-state index contributed by atoms with van der Waals surface area (Å²) in [5.41, 5.74) is -0.583. The van der Waals surface area contributed by atoms with Crippen LogP contribution in [0.4, 0.5) is 0 Å². The van der Waals surface area contributed by atoms with Gasteiger partial charge in [-0.25, -0.2) is 0 Å². The van der Waals surface area contributed by atoms with Crippen molar-refractivity contribution >= 4 is 5.97 Å². The fraction of sp³-hybridized carbons (Fsp3) is 0.800. The molecular formula is C5H11LiO2. The molecule has 0 bridgehead atoms. The topological polar surface area (TPSA) is 37.3 Å². The first-order valence-electron chi connectivity index (χ1n) is 2.18. The van der Waals surface area contributed by atoms with Gasteiger partial charge < -0.3 is 6.53 Å². The van der Waals surface area contributed by atoms with Crippen LogP contribution in [0.5, 0.6) is 0 Å². The van der Waals surface area contributed by atoms with Crippen molar-refractivity contribution in [2.75, 3.05) is 0 Å². The average molecular weight is 110 g/mol. The molecule has 2 nitrogen and oxygen atoms in total. The third kappa shape index (κ3) is 4.23. The molecule has 0 spiro atoms.